The summed E-state index contributed by atoms with van der Waals surface area (Å²) in [7, 11) is 2.88. The number of carbonyl (C=O) groups is 1. The van der Waals surface area contributed by atoms with Crippen LogP contribution in [-0.4, -0.2) is 35.7 Å². The predicted molar refractivity (Wildman–Crippen MR) is 74.4 cm³/mol. The maximum absolute atomic E-state index is 12.0. The van der Waals surface area contributed by atoms with Gasteiger partial charge in [0.1, 0.15) is 5.54 Å². The summed E-state index contributed by atoms with van der Waals surface area (Å²) in [5.41, 5.74) is -1.65. The summed E-state index contributed by atoms with van der Waals surface area (Å²) in [5, 5.41) is 12.1. The maximum atomic E-state index is 12.0. The van der Waals surface area contributed by atoms with Gasteiger partial charge in [0.05, 0.1) is 0 Å². The second kappa shape index (κ2) is 4.21. The first-order valence-electron chi connectivity index (χ1n) is 6.53. The van der Waals surface area contributed by atoms with E-state index in [1.807, 2.05) is 0 Å². The second-order valence-corrected chi connectivity index (χ2v) is 5.36. The van der Waals surface area contributed by atoms with Gasteiger partial charge in [0.15, 0.2) is 11.2 Å². The summed E-state index contributed by atoms with van der Waals surface area (Å²) in [5.74, 6) is -0.763. The molecule has 1 aliphatic carbocycles. The van der Waals surface area contributed by atoms with Gasteiger partial charge in [-0.1, -0.05) is 0 Å². The molecule has 0 unspecified atom stereocenters. The van der Waals surface area contributed by atoms with Crippen LogP contribution in [0.2, 0.25) is 0 Å². The molecule has 0 aliphatic heterocycles. The summed E-state index contributed by atoms with van der Waals surface area (Å²) >= 11 is 0. The number of anilines is 1. The lowest BCUT2D eigenvalue weighted by atomic mass is 9.77. The van der Waals surface area contributed by atoms with Crippen LogP contribution >= 0.6 is 0 Å². The van der Waals surface area contributed by atoms with Gasteiger partial charge in [0.25, 0.3) is 5.56 Å². The summed E-state index contributed by atoms with van der Waals surface area (Å²) < 4.78 is 2.22. The number of carboxylic acids is 1. The molecule has 9 heteroatoms. The largest absolute Gasteiger partial charge is 0.480 e. The third-order valence-electron chi connectivity index (χ3n) is 4.07. The first kappa shape index (κ1) is 13.4. The first-order valence-corrected chi connectivity index (χ1v) is 6.53. The fraction of sp³-hybridized carbons (Fsp3) is 0.500. The fourth-order valence-electron chi connectivity index (χ4n) is 2.53. The Morgan fingerprint density at radius 1 is 1.33 bits per heavy atom. The minimum atomic E-state index is -1.04. The normalized spacial score (nSPS) is 16.7. The highest BCUT2D eigenvalue weighted by atomic mass is 16.4. The van der Waals surface area contributed by atoms with Crippen molar-refractivity contribution in [2.24, 2.45) is 14.1 Å². The SMILES string of the molecule is Cn1c(=O)c2[nH]c(NC3(C(=O)O)CCC3)nc2n(C)c1=O. The third-order valence-corrected chi connectivity index (χ3v) is 4.07. The number of aromatic nitrogens is 4. The first-order chi connectivity index (χ1) is 9.85. The molecule has 0 amide bonds. The third kappa shape index (κ3) is 1.77. The van der Waals surface area contributed by atoms with E-state index >= 15 is 0 Å². The monoisotopic (exact) mass is 293 g/mol. The number of aryl methyl sites for hydroxylation is 1. The van der Waals surface area contributed by atoms with Gasteiger partial charge in [-0.05, 0) is 19.3 Å². The van der Waals surface area contributed by atoms with Gasteiger partial charge in [-0.15, -0.1) is 0 Å². The zero-order valence-electron chi connectivity index (χ0n) is 11.6. The number of H-pyrrole nitrogens is 1. The molecular weight excluding hydrogens is 278 g/mol. The van der Waals surface area contributed by atoms with E-state index in [9.17, 15) is 19.5 Å². The van der Waals surface area contributed by atoms with Gasteiger partial charge < -0.3 is 15.4 Å². The average molecular weight is 293 g/mol. The molecule has 112 valence electrons. The molecule has 0 atom stereocenters. The molecule has 9 nitrogen and oxygen atoms in total. The number of nitrogens with one attached hydrogen (secondary N) is 2. The van der Waals surface area contributed by atoms with Crippen molar-refractivity contribution in [3.8, 4) is 0 Å². The number of aliphatic carboxylic acids is 1. The van der Waals surface area contributed by atoms with Crippen LogP contribution in [0.25, 0.3) is 11.2 Å². The number of hydrogen-bond donors (Lipinski definition) is 3. The number of imidazole rings is 1. The highest BCUT2D eigenvalue weighted by molar-refractivity contribution is 5.84. The zero-order chi connectivity index (χ0) is 15.4. The molecule has 0 spiro atoms. The Labute approximate surface area is 118 Å². The number of carboxylic acid groups (broad SMARTS) is 1. The van der Waals surface area contributed by atoms with Crippen molar-refractivity contribution in [1.82, 2.24) is 19.1 Å². The van der Waals surface area contributed by atoms with Crippen LogP contribution in [0, 0.1) is 0 Å². The standard InChI is InChI=1S/C12H15N5O4/c1-16-7-6(8(18)17(2)11(16)21)13-10(14-7)15-12(9(19)20)4-3-5-12/h3-5H2,1-2H3,(H,19,20)(H2,13,14,15). The van der Waals surface area contributed by atoms with Crippen molar-refractivity contribution in [3.63, 3.8) is 0 Å². The zero-order valence-corrected chi connectivity index (χ0v) is 11.6. The number of rotatable bonds is 3. The molecule has 2 heterocycles. The summed E-state index contributed by atoms with van der Waals surface area (Å²) in [6.07, 6.45) is 1.81. The van der Waals surface area contributed by atoms with E-state index in [1.165, 1.54) is 18.7 Å². The molecule has 1 saturated carbocycles. The Morgan fingerprint density at radius 2 is 2.00 bits per heavy atom. The highest BCUT2D eigenvalue weighted by Crippen LogP contribution is 2.35. The molecule has 1 fully saturated rings. The lowest BCUT2D eigenvalue weighted by Crippen LogP contribution is -2.52. The molecule has 1 aliphatic rings. The molecule has 0 bridgehead atoms. The molecular formula is C12H15N5O4. The predicted octanol–water partition coefficient (Wildman–Crippen LogP) is -0.621. The van der Waals surface area contributed by atoms with Crippen molar-refractivity contribution in [2.45, 2.75) is 24.8 Å². The molecule has 3 rings (SSSR count). The average Bonchev–Trinajstić information content (AvgIpc) is 2.81. The number of fused-ring (bicyclic) bond motifs is 1. The van der Waals surface area contributed by atoms with Crippen LogP contribution in [0.1, 0.15) is 19.3 Å². The van der Waals surface area contributed by atoms with Gasteiger partial charge in [0, 0.05) is 14.1 Å². The molecule has 21 heavy (non-hydrogen) atoms. The van der Waals surface area contributed by atoms with Crippen molar-refractivity contribution in [1.29, 1.82) is 0 Å². The molecule has 3 N–H and O–H groups in total. The minimum absolute atomic E-state index is 0.168. The Kier molecular flexibility index (Phi) is 2.68. The lowest BCUT2D eigenvalue weighted by molar-refractivity contribution is -0.145. The Hall–Kier alpha value is -2.58. The smallest absolute Gasteiger partial charge is 0.332 e. The van der Waals surface area contributed by atoms with Crippen LogP contribution in [0.15, 0.2) is 9.59 Å². The van der Waals surface area contributed by atoms with Crippen molar-refractivity contribution in [3.05, 3.63) is 20.8 Å². The van der Waals surface area contributed by atoms with Gasteiger partial charge >= 0.3 is 11.7 Å². The maximum Gasteiger partial charge on any atom is 0.332 e. The van der Waals surface area contributed by atoms with Gasteiger partial charge in [-0.2, -0.15) is 4.98 Å². The number of hydrogen-bond acceptors (Lipinski definition) is 5. The minimum Gasteiger partial charge on any atom is -0.480 e. The molecule has 2 aromatic rings. The molecule has 0 saturated heterocycles. The van der Waals surface area contributed by atoms with Crippen molar-refractivity contribution >= 4 is 23.1 Å². The summed E-state index contributed by atoms with van der Waals surface area (Å²) in [6, 6.07) is 0. The van der Waals surface area contributed by atoms with E-state index in [0.717, 1.165) is 11.0 Å². The van der Waals surface area contributed by atoms with E-state index in [1.54, 1.807) is 0 Å². The summed E-state index contributed by atoms with van der Waals surface area (Å²) in [4.78, 5) is 42.1. The number of nitrogens with zero attached hydrogens (tertiary/aromatic N) is 3. The van der Waals surface area contributed by atoms with Gasteiger partial charge in [-0.3, -0.25) is 13.9 Å². The van der Waals surface area contributed by atoms with Gasteiger partial charge in [-0.25, -0.2) is 9.59 Å². The van der Waals surface area contributed by atoms with Crippen molar-refractivity contribution < 1.29 is 9.90 Å². The van der Waals surface area contributed by atoms with E-state index < -0.39 is 22.8 Å². The quantitative estimate of drug-likeness (QED) is 0.693. The molecule has 0 radical (unpaired) electrons. The molecule has 0 aromatic carbocycles. The van der Waals surface area contributed by atoms with Crippen LogP contribution < -0.4 is 16.6 Å². The molecule has 2 aromatic heterocycles. The lowest BCUT2D eigenvalue weighted by Gasteiger charge is -2.38. The topological polar surface area (TPSA) is 122 Å². The van der Waals surface area contributed by atoms with Crippen LogP contribution in [0.3, 0.4) is 0 Å². The fourth-order valence-corrected chi connectivity index (χ4v) is 2.53. The van der Waals surface area contributed by atoms with Crippen molar-refractivity contribution in [2.75, 3.05) is 5.32 Å². The van der Waals surface area contributed by atoms with E-state index in [-0.39, 0.29) is 17.1 Å². The van der Waals surface area contributed by atoms with Crippen LogP contribution in [-0.2, 0) is 18.9 Å². The Morgan fingerprint density at radius 3 is 2.52 bits per heavy atom. The van der Waals surface area contributed by atoms with E-state index in [4.69, 9.17) is 0 Å². The summed E-state index contributed by atoms with van der Waals surface area (Å²) in [6.45, 7) is 0. The van der Waals surface area contributed by atoms with E-state index in [2.05, 4.69) is 15.3 Å². The van der Waals surface area contributed by atoms with Crippen LogP contribution in [0.4, 0.5) is 5.95 Å². The number of aromatic amines is 1. The second-order valence-electron chi connectivity index (χ2n) is 5.36. The van der Waals surface area contributed by atoms with Gasteiger partial charge in [0.2, 0.25) is 5.95 Å². The Bertz CT molecular complexity index is 855. The van der Waals surface area contributed by atoms with E-state index in [0.29, 0.717) is 12.8 Å². The van der Waals surface area contributed by atoms with Crippen LogP contribution in [0.5, 0.6) is 0 Å². The Balaban J connectivity index is 2.13. The highest BCUT2D eigenvalue weighted by Gasteiger charge is 2.45.